The summed E-state index contributed by atoms with van der Waals surface area (Å²) in [7, 11) is 0. The second-order valence-corrected chi connectivity index (χ2v) is 11.1. The average molecular weight is 543 g/mol. The van der Waals surface area contributed by atoms with Crippen molar-refractivity contribution in [3.05, 3.63) is 82.8 Å². The normalized spacial score (nSPS) is 17.8. The Morgan fingerprint density at radius 1 is 1.10 bits per heavy atom. The second-order valence-electron chi connectivity index (χ2n) is 11.1. The van der Waals surface area contributed by atoms with Gasteiger partial charge in [0.25, 0.3) is 0 Å². The van der Waals surface area contributed by atoms with Crippen LogP contribution in [-0.4, -0.2) is 34.6 Å². The second kappa shape index (κ2) is 14.6. The van der Waals surface area contributed by atoms with Crippen molar-refractivity contribution in [3.63, 3.8) is 0 Å². The highest BCUT2D eigenvalue weighted by atomic mass is 16.4. The molecule has 0 amide bonds. The Morgan fingerprint density at radius 3 is 2.55 bits per heavy atom. The first-order chi connectivity index (χ1) is 19.4. The number of carboxylic acids is 1. The van der Waals surface area contributed by atoms with Gasteiger partial charge in [0, 0.05) is 6.08 Å². The van der Waals surface area contributed by atoms with Gasteiger partial charge in [0.2, 0.25) is 0 Å². The van der Waals surface area contributed by atoms with Crippen molar-refractivity contribution in [2.75, 3.05) is 6.54 Å². The molecule has 6 N–H and O–H groups in total. The number of rotatable bonds is 15. The van der Waals surface area contributed by atoms with Gasteiger partial charge in [0.15, 0.2) is 5.96 Å². The highest BCUT2D eigenvalue weighted by Crippen LogP contribution is 2.45. The summed E-state index contributed by atoms with van der Waals surface area (Å²) in [6.07, 6.45) is 14.6. The maximum absolute atomic E-state index is 11.8. The summed E-state index contributed by atoms with van der Waals surface area (Å²) in [6, 6.07) is 16.8. The Bertz CT molecular complexity index is 1290. The van der Waals surface area contributed by atoms with Crippen LogP contribution in [-0.2, 0) is 11.2 Å². The molecule has 0 bridgehead atoms. The van der Waals surface area contributed by atoms with Crippen LogP contribution in [0.4, 0.5) is 5.82 Å². The molecule has 1 aliphatic carbocycles. The highest BCUT2D eigenvalue weighted by molar-refractivity contribution is 5.84. The van der Waals surface area contributed by atoms with E-state index in [2.05, 4.69) is 53.3 Å². The van der Waals surface area contributed by atoms with E-state index in [1.54, 1.807) is 0 Å². The number of aromatic nitrogens is 1. The molecule has 1 aromatic heterocycles. The number of guanidine groups is 1. The van der Waals surface area contributed by atoms with E-state index in [-0.39, 0.29) is 18.5 Å². The molecule has 3 unspecified atom stereocenters. The first-order valence-electron chi connectivity index (χ1n) is 14.8. The molecule has 0 spiro atoms. The van der Waals surface area contributed by atoms with Crippen LogP contribution < -0.4 is 11.5 Å². The van der Waals surface area contributed by atoms with E-state index in [4.69, 9.17) is 16.8 Å². The SMILES string of the molecule is CCCCCCCCC1c2cc3ccccc3cc2CCC1CC([N-]c1ccc[nH]1)C(=CC(=O)O)CN=C(N)N. The standard InChI is InChI=1S/C33H44N5O2/c1-2-3-4-5-6-7-13-28-26(16-15-25-18-23-11-8-9-12-24(23)19-29(25)28)20-30(38-31-14-10-17-36-31)27(21-32(39)40)22-37-33(34)35/h8-12,14,17-19,21,26,28,30,36H,2-7,13,15-16,20,22H2,1H3,(H,39,40)(H4,34,35,37)/q-1. The Balaban J connectivity index is 1.64. The third kappa shape index (κ3) is 8.13. The molecular weight excluding hydrogens is 498 g/mol. The smallest absolute Gasteiger partial charge is 0.328 e. The Kier molecular flexibility index (Phi) is 10.7. The van der Waals surface area contributed by atoms with E-state index in [0.29, 0.717) is 17.4 Å². The molecule has 0 radical (unpaired) electrons. The van der Waals surface area contributed by atoms with Gasteiger partial charge >= 0.3 is 5.97 Å². The number of hydrogen-bond donors (Lipinski definition) is 4. The third-order valence-electron chi connectivity index (χ3n) is 8.21. The molecule has 40 heavy (non-hydrogen) atoms. The maximum Gasteiger partial charge on any atom is 0.328 e. The monoisotopic (exact) mass is 542 g/mol. The van der Waals surface area contributed by atoms with Crippen LogP contribution in [0.1, 0.15) is 81.8 Å². The maximum atomic E-state index is 11.8. The number of carbonyl (C=O) groups is 1. The number of carboxylic acid groups (broad SMARTS) is 1. The van der Waals surface area contributed by atoms with Gasteiger partial charge in [-0.3, -0.25) is 0 Å². The third-order valence-corrected chi connectivity index (χ3v) is 8.21. The van der Waals surface area contributed by atoms with Crippen LogP contribution in [0.2, 0.25) is 0 Å². The van der Waals surface area contributed by atoms with Crippen molar-refractivity contribution >= 4 is 28.5 Å². The number of fused-ring (bicyclic) bond motifs is 2. The lowest BCUT2D eigenvalue weighted by atomic mass is 9.69. The summed E-state index contributed by atoms with van der Waals surface area (Å²) < 4.78 is 0. The number of nitrogens with zero attached hydrogens (tertiary/aromatic N) is 2. The van der Waals surface area contributed by atoms with Gasteiger partial charge in [-0.1, -0.05) is 106 Å². The first-order valence-corrected chi connectivity index (χ1v) is 14.8. The summed E-state index contributed by atoms with van der Waals surface area (Å²) in [4.78, 5) is 19.1. The van der Waals surface area contributed by atoms with Crippen LogP contribution in [0, 0.1) is 5.92 Å². The minimum atomic E-state index is -1.02. The van der Waals surface area contributed by atoms with Crippen molar-refractivity contribution in [1.29, 1.82) is 0 Å². The van der Waals surface area contributed by atoms with Gasteiger partial charge < -0.3 is 26.9 Å². The Hall–Kier alpha value is -3.74. The zero-order valence-corrected chi connectivity index (χ0v) is 23.7. The Labute approximate surface area is 238 Å². The van der Waals surface area contributed by atoms with Gasteiger partial charge in [-0.15, -0.1) is 0 Å². The van der Waals surface area contributed by atoms with E-state index in [0.717, 1.165) is 31.5 Å². The lowest BCUT2D eigenvalue weighted by molar-refractivity contribution is -0.131. The fraction of sp³-hybridized carbons (Fsp3) is 0.455. The highest BCUT2D eigenvalue weighted by Gasteiger charge is 2.31. The van der Waals surface area contributed by atoms with Crippen molar-refractivity contribution in [2.24, 2.45) is 22.4 Å². The molecule has 3 atom stereocenters. The van der Waals surface area contributed by atoms with Crippen LogP contribution in [0.3, 0.4) is 0 Å². The molecule has 7 nitrogen and oxygen atoms in total. The summed E-state index contributed by atoms with van der Waals surface area (Å²) >= 11 is 0. The summed E-state index contributed by atoms with van der Waals surface area (Å²) in [5.74, 6) is 0.408. The fourth-order valence-corrected chi connectivity index (χ4v) is 6.21. The predicted molar refractivity (Wildman–Crippen MR) is 165 cm³/mol. The molecule has 3 aromatic rings. The van der Waals surface area contributed by atoms with E-state index in [1.807, 2.05) is 18.3 Å². The number of aliphatic carboxylic acids is 1. The molecule has 214 valence electrons. The van der Waals surface area contributed by atoms with E-state index >= 15 is 0 Å². The van der Waals surface area contributed by atoms with Crippen LogP contribution in [0.25, 0.3) is 16.1 Å². The largest absolute Gasteiger partial charge is 0.478 e. The number of nitrogens with two attached hydrogens (primary N) is 2. The van der Waals surface area contributed by atoms with Gasteiger partial charge in [0.1, 0.15) is 0 Å². The van der Waals surface area contributed by atoms with Gasteiger partial charge in [-0.05, 0) is 71.0 Å². The zero-order chi connectivity index (χ0) is 28.3. The van der Waals surface area contributed by atoms with Crippen molar-refractivity contribution in [2.45, 2.75) is 83.1 Å². The molecule has 0 fully saturated rings. The summed E-state index contributed by atoms with van der Waals surface area (Å²) in [6.45, 7) is 2.36. The van der Waals surface area contributed by atoms with Crippen LogP contribution in [0.15, 0.2) is 71.4 Å². The average Bonchev–Trinajstić information content (AvgIpc) is 3.45. The molecule has 7 heteroatoms. The number of unbranched alkanes of at least 4 members (excludes halogenated alkanes) is 5. The molecule has 1 heterocycles. The van der Waals surface area contributed by atoms with Gasteiger partial charge in [-0.25, -0.2) is 9.79 Å². The van der Waals surface area contributed by atoms with Crippen LogP contribution >= 0.6 is 0 Å². The van der Waals surface area contributed by atoms with Crippen molar-refractivity contribution < 1.29 is 9.90 Å². The van der Waals surface area contributed by atoms with E-state index < -0.39 is 5.97 Å². The lowest BCUT2D eigenvalue weighted by Gasteiger charge is -2.38. The molecule has 0 aliphatic heterocycles. The fourth-order valence-electron chi connectivity index (χ4n) is 6.21. The minimum absolute atomic E-state index is 0.0608. The van der Waals surface area contributed by atoms with E-state index in [1.165, 1.54) is 66.5 Å². The molecule has 2 aromatic carbocycles. The predicted octanol–water partition coefficient (Wildman–Crippen LogP) is 7.31. The number of benzene rings is 2. The van der Waals surface area contributed by atoms with Crippen LogP contribution in [0.5, 0.6) is 0 Å². The van der Waals surface area contributed by atoms with E-state index in [9.17, 15) is 9.90 Å². The summed E-state index contributed by atoms with van der Waals surface area (Å²) in [5, 5.41) is 17.2. The zero-order valence-electron chi connectivity index (χ0n) is 23.7. The van der Waals surface area contributed by atoms with Gasteiger partial charge in [0.05, 0.1) is 6.54 Å². The topological polar surface area (TPSA) is 132 Å². The first kappa shape index (κ1) is 29.2. The summed E-state index contributed by atoms with van der Waals surface area (Å²) in [5.41, 5.74) is 14.8. The number of aryl methyl sites for hydroxylation is 1. The van der Waals surface area contributed by atoms with Gasteiger partial charge in [-0.2, -0.15) is 0 Å². The number of H-pyrrole nitrogens is 1. The molecule has 0 saturated heterocycles. The van der Waals surface area contributed by atoms with Crippen molar-refractivity contribution in [3.8, 4) is 0 Å². The quantitative estimate of drug-likeness (QED) is 0.0693. The molecular formula is C33H44N5O2-. The number of hydrogen-bond acceptors (Lipinski definition) is 2. The number of nitrogens with one attached hydrogen (secondary N) is 1. The molecule has 0 saturated carbocycles. The molecule has 4 rings (SSSR count). The Morgan fingerprint density at radius 2 is 1.85 bits per heavy atom. The lowest BCUT2D eigenvalue weighted by Crippen LogP contribution is -2.28. The number of aromatic amines is 1. The minimum Gasteiger partial charge on any atom is -0.478 e. The number of aliphatic imine (C=N–C) groups is 1. The van der Waals surface area contributed by atoms with Crippen molar-refractivity contribution in [1.82, 2.24) is 4.98 Å². The molecule has 1 aliphatic rings.